The second-order valence-electron chi connectivity index (χ2n) is 9.12. The predicted octanol–water partition coefficient (Wildman–Crippen LogP) is 5.61. The number of rotatable bonds is 7. The normalized spacial score (nSPS) is 13.0. The van der Waals surface area contributed by atoms with Gasteiger partial charge >= 0.3 is 12.4 Å². The van der Waals surface area contributed by atoms with Crippen LogP contribution in [0.5, 0.6) is 0 Å². The van der Waals surface area contributed by atoms with Crippen LogP contribution in [0.1, 0.15) is 51.6 Å². The van der Waals surface area contributed by atoms with Crippen LogP contribution in [0.2, 0.25) is 0 Å². The smallest absolute Gasteiger partial charge is 0.346 e. The van der Waals surface area contributed by atoms with E-state index in [0.29, 0.717) is 15.7 Å². The van der Waals surface area contributed by atoms with Crippen molar-refractivity contribution in [1.82, 2.24) is 5.32 Å². The minimum atomic E-state index is -5.57. The Morgan fingerprint density at radius 1 is 0.973 bits per heavy atom. The SMILES string of the molecule is Cc1cc(C(C(F)(F)F)C(F)(F)F)ccc1NC(=O)c1cccc(I)c1C(=O)NC(C)(C)CS(C)(=O)=O. The molecular formula is C23H23F6IN2O4S. The number of halogens is 7. The van der Waals surface area contributed by atoms with Crippen molar-refractivity contribution in [3.05, 3.63) is 62.2 Å². The summed E-state index contributed by atoms with van der Waals surface area (Å²) in [7, 11) is -3.46. The molecule has 0 aliphatic heterocycles. The van der Waals surface area contributed by atoms with Crippen molar-refractivity contribution in [3.8, 4) is 0 Å². The molecule has 0 heterocycles. The molecule has 2 aromatic rings. The van der Waals surface area contributed by atoms with E-state index in [1.807, 2.05) is 0 Å². The van der Waals surface area contributed by atoms with Crippen molar-refractivity contribution in [1.29, 1.82) is 0 Å². The fourth-order valence-corrected chi connectivity index (χ4v) is 5.89. The first kappa shape index (κ1) is 30.9. The lowest BCUT2D eigenvalue weighted by molar-refractivity contribution is -0.253. The van der Waals surface area contributed by atoms with E-state index in [2.05, 4.69) is 10.6 Å². The largest absolute Gasteiger partial charge is 0.404 e. The number of hydrogen-bond acceptors (Lipinski definition) is 4. The molecule has 0 aromatic heterocycles. The summed E-state index contributed by atoms with van der Waals surface area (Å²) >= 11 is 1.81. The molecule has 14 heteroatoms. The number of aryl methyl sites for hydroxylation is 1. The molecule has 0 atom stereocenters. The standard InChI is InChI=1S/C23H23F6IN2O4S/c1-12-10-13(18(22(24,25)26)23(27,28)29)8-9-16(12)31-19(33)14-6-5-7-15(30)17(14)20(34)32-21(2,3)11-37(4,35)36/h5-10,18H,11H2,1-4H3,(H,31,33)(H,32,34). The van der Waals surface area contributed by atoms with Crippen LogP contribution < -0.4 is 10.6 Å². The molecular weight excluding hydrogens is 641 g/mol. The van der Waals surface area contributed by atoms with Crippen LogP contribution in [-0.4, -0.2) is 50.1 Å². The number of anilines is 1. The molecule has 0 fully saturated rings. The van der Waals surface area contributed by atoms with E-state index in [1.165, 1.54) is 39.0 Å². The zero-order chi connectivity index (χ0) is 28.6. The summed E-state index contributed by atoms with van der Waals surface area (Å²) in [6.45, 7) is 4.21. The van der Waals surface area contributed by atoms with Crippen LogP contribution in [-0.2, 0) is 9.84 Å². The summed E-state index contributed by atoms with van der Waals surface area (Å²) in [5, 5.41) is 4.99. The second-order valence-corrected chi connectivity index (χ2v) is 12.4. The average molecular weight is 664 g/mol. The van der Waals surface area contributed by atoms with E-state index < -0.39 is 51.0 Å². The molecule has 2 rings (SSSR count). The van der Waals surface area contributed by atoms with E-state index >= 15 is 0 Å². The lowest BCUT2D eigenvalue weighted by Gasteiger charge is -2.26. The van der Waals surface area contributed by atoms with Gasteiger partial charge in [-0.3, -0.25) is 9.59 Å². The molecule has 0 saturated carbocycles. The number of nitrogens with one attached hydrogen (secondary N) is 2. The van der Waals surface area contributed by atoms with Crippen LogP contribution in [0.3, 0.4) is 0 Å². The Bertz CT molecular complexity index is 1290. The molecule has 0 aliphatic carbocycles. The molecule has 2 aromatic carbocycles. The van der Waals surface area contributed by atoms with Crippen LogP contribution in [0.4, 0.5) is 32.0 Å². The van der Waals surface area contributed by atoms with Gasteiger partial charge in [-0.25, -0.2) is 8.42 Å². The Balaban J connectivity index is 2.39. The highest BCUT2D eigenvalue weighted by Crippen LogP contribution is 2.46. The van der Waals surface area contributed by atoms with Gasteiger partial charge < -0.3 is 10.6 Å². The van der Waals surface area contributed by atoms with E-state index in [0.717, 1.165) is 12.3 Å². The van der Waals surface area contributed by atoms with Crippen molar-refractivity contribution >= 4 is 49.9 Å². The first-order valence-corrected chi connectivity index (χ1v) is 13.6. The quantitative estimate of drug-likeness (QED) is 0.298. The Morgan fingerprint density at radius 2 is 1.54 bits per heavy atom. The lowest BCUT2D eigenvalue weighted by Crippen LogP contribution is -2.48. The Hall–Kier alpha value is -2.36. The van der Waals surface area contributed by atoms with E-state index in [4.69, 9.17) is 0 Å². The Kier molecular flexibility index (Phi) is 9.00. The molecule has 0 aliphatic rings. The second kappa shape index (κ2) is 10.8. The van der Waals surface area contributed by atoms with Crippen LogP contribution in [0.15, 0.2) is 36.4 Å². The highest BCUT2D eigenvalue weighted by Gasteiger charge is 2.57. The maximum absolute atomic E-state index is 13.1. The summed E-state index contributed by atoms with van der Waals surface area (Å²) in [4.78, 5) is 26.0. The lowest BCUT2D eigenvalue weighted by atomic mass is 9.95. The minimum absolute atomic E-state index is 0.0560. The van der Waals surface area contributed by atoms with E-state index in [1.54, 1.807) is 22.6 Å². The first-order valence-electron chi connectivity index (χ1n) is 10.5. The topological polar surface area (TPSA) is 92.3 Å². The van der Waals surface area contributed by atoms with Crippen LogP contribution in [0.25, 0.3) is 0 Å². The van der Waals surface area contributed by atoms with Crippen molar-refractivity contribution in [2.45, 2.75) is 44.6 Å². The number of alkyl halides is 6. The number of benzene rings is 2. The highest BCUT2D eigenvalue weighted by atomic mass is 127. The molecule has 0 bridgehead atoms. The molecule has 2 N–H and O–H groups in total. The number of sulfone groups is 1. The fourth-order valence-electron chi connectivity index (χ4n) is 3.77. The fraction of sp³-hybridized carbons (Fsp3) is 0.391. The van der Waals surface area contributed by atoms with E-state index in [9.17, 15) is 44.3 Å². The highest BCUT2D eigenvalue weighted by molar-refractivity contribution is 14.1. The average Bonchev–Trinajstić information content (AvgIpc) is 2.65. The van der Waals surface area contributed by atoms with Crippen molar-refractivity contribution in [2.75, 3.05) is 17.3 Å². The number of carbonyl (C=O) groups is 2. The summed E-state index contributed by atoms with van der Waals surface area (Å²) in [6.07, 6.45) is -10.1. The number of amides is 2. The minimum Gasteiger partial charge on any atom is -0.346 e. The molecule has 0 unspecified atom stereocenters. The number of carbonyl (C=O) groups excluding carboxylic acids is 2. The van der Waals surface area contributed by atoms with Crippen molar-refractivity contribution in [2.24, 2.45) is 0 Å². The molecule has 37 heavy (non-hydrogen) atoms. The zero-order valence-electron chi connectivity index (χ0n) is 19.9. The van der Waals surface area contributed by atoms with Gasteiger partial charge in [-0.15, -0.1) is 0 Å². The van der Waals surface area contributed by atoms with Gasteiger partial charge in [0.2, 0.25) is 0 Å². The summed E-state index contributed by atoms with van der Waals surface area (Å²) in [5.41, 5.74) is -2.54. The Labute approximate surface area is 223 Å². The first-order chi connectivity index (χ1) is 16.6. The zero-order valence-corrected chi connectivity index (χ0v) is 22.9. The third-order valence-corrected chi connectivity index (χ3v) is 7.19. The van der Waals surface area contributed by atoms with Crippen LogP contribution >= 0.6 is 22.6 Å². The monoisotopic (exact) mass is 664 g/mol. The summed E-state index contributed by atoms with van der Waals surface area (Å²) in [5.74, 6) is -5.65. The summed E-state index contributed by atoms with van der Waals surface area (Å²) < 4.78 is 102. The van der Waals surface area contributed by atoms with Gasteiger partial charge in [-0.2, -0.15) is 26.3 Å². The van der Waals surface area contributed by atoms with Gasteiger partial charge in [0.05, 0.1) is 16.9 Å². The van der Waals surface area contributed by atoms with Gasteiger partial charge in [0.1, 0.15) is 9.84 Å². The molecule has 204 valence electrons. The maximum Gasteiger partial charge on any atom is 0.404 e. The van der Waals surface area contributed by atoms with Gasteiger partial charge in [0.25, 0.3) is 11.8 Å². The van der Waals surface area contributed by atoms with Gasteiger partial charge in [-0.1, -0.05) is 18.2 Å². The molecule has 0 saturated heterocycles. The van der Waals surface area contributed by atoms with Crippen molar-refractivity contribution in [3.63, 3.8) is 0 Å². The molecule has 6 nitrogen and oxygen atoms in total. The van der Waals surface area contributed by atoms with Crippen LogP contribution in [0, 0.1) is 10.5 Å². The van der Waals surface area contributed by atoms with Gasteiger partial charge in [0, 0.05) is 21.1 Å². The molecule has 0 spiro atoms. The Morgan fingerprint density at radius 3 is 2.03 bits per heavy atom. The predicted molar refractivity (Wildman–Crippen MR) is 134 cm³/mol. The third-order valence-electron chi connectivity index (χ3n) is 5.05. The maximum atomic E-state index is 13.1. The van der Waals surface area contributed by atoms with Gasteiger partial charge in [-0.05, 0) is 72.7 Å². The molecule has 2 amide bonds. The molecule has 0 radical (unpaired) electrons. The van der Waals surface area contributed by atoms with Crippen molar-refractivity contribution < 1.29 is 44.3 Å². The number of hydrogen-bond donors (Lipinski definition) is 2. The third kappa shape index (κ3) is 8.32. The van der Waals surface area contributed by atoms with E-state index in [-0.39, 0.29) is 28.1 Å². The van der Waals surface area contributed by atoms with Gasteiger partial charge in [0.15, 0.2) is 5.92 Å². The summed E-state index contributed by atoms with van der Waals surface area (Å²) in [6, 6.07) is 6.56.